The number of aromatic amines is 1. The molecule has 1 N–H and O–H groups in total. The second-order valence-corrected chi connectivity index (χ2v) is 4.84. The van der Waals surface area contributed by atoms with E-state index < -0.39 is 12.0 Å². The number of halogens is 3. The Bertz CT molecular complexity index is 660. The first-order valence-electron chi connectivity index (χ1n) is 5.74. The third-order valence-electron chi connectivity index (χ3n) is 2.71. The SMILES string of the molecule is CN(C)c1ccc(-c2cc(=S)nc(C(F)(F)F)[nH]2)cc1. The maximum atomic E-state index is 12.7. The van der Waals surface area contributed by atoms with E-state index in [4.69, 9.17) is 12.2 Å². The predicted octanol–water partition coefficient (Wildman–Crippen LogP) is 3.89. The zero-order valence-electron chi connectivity index (χ0n) is 10.8. The van der Waals surface area contributed by atoms with E-state index in [2.05, 4.69) is 9.97 Å². The molecule has 0 radical (unpaired) electrons. The van der Waals surface area contributed by atoms with Gasteiger partial charge >= 0.3 is 6.18 Å². The summed E-state index contributed by atoms with van der Waals surface area (Å²) in [6, 6.07) is 8.52. The number of nitrogens with one attached hydrogen (secondary N) is 1. The molecule has 1 heterocycles. The van der Waals surface area contributed by atoms with Crippen LogP contribution in [0.4, 0.5) is 18.9 Å². The molecule has 0 atom stereocenters. The Morgan fingerprint density at radius 2 is 1.75 bits per heavy atom. The Morgan fingerprint density at radius 3 is 2.25 bits per heavy atom. The van der Waals surface area contributed by atoms with Crippen LogP contribution in [0.15, 0.2) is 30.3 Å². The molecular formula is C13H12F3N3S. The lowest BCUT2D eigenvalue weighted by Gasteiger charge is -2.13. The van der Waals surface area contributed by atoms with Gasteiger partial charge in [-0.1, -0.05) is 24.4 Å². The number of anilines is 1. The summed E-state index contributed by atoms with van der Waals surface area (Å²) in [5.41, 5.74) is 1.87. The maximum absolute atomic E-state index is 12.7. The van der Waals surface area contributed by atoms with Crippen molar-refractivity contribution < 1.29 is 13.2 Å². The van der Waals surface area contributed by atoms with Crippen LogP contribution in [0.5, 0.6) is 0 Å². The number of hydrogen-bond donors (Lipinski definition) is 1. The monoisotopic (exact) mass is 299 g/mol. The molecule has 0 unspecified atom stereocenters. The van der Waals surface area contributed by atoms with Gasteiger partial charge in [0.25, 0.3) is 0 Å². The van der Waals surface area contributed by atoms with Gasteiger partial charge in [-0.3, -0.25) is 0 Å². The summed E-state index contributed by atoms with van der Waals surface area (Å²) in [4.78, 5) is 7.48. The van der Waals surface area contributed by atoms with Crippen LogP contribution in [0.3, 0.4) is 0 Å². The van der Waals surface area contributed by atoms with Crippen LogP contribution in [0, 0.1) is 4.64 Å². The number of benzene rings is 1. The van der Waals surface area contributed by atoms with Crippen molar-refractivity contribution in [2.75, 3.05) is 19.0 Å². The highest BCUT2D eigenvalue weighted by Crippen LogP contribution is 2.28. The largest absolute Gasteiger partial charge is 0.449 e. The van der Waals surface area contributed by atoms with E-state index >= 15 is 0 Å². The molecule has 1 aromatic carbocycles. The average Bonchev–Trinajstić information content (AvgIpc) is 2.37. The summed E-state index contributed by atoms with van der Waals surface area (Å²) in [6.45, 7) is 0. The van der Waals surface area contributed by atoms with Gasteiger partial charge < -0.3 is 9.88 Å². The first-order chi connectivity index (χ1) is 9.27. The molecule has 0 saturated heterocycles. The summed E-state index contributed by atoms with van der Waals surface area (Å²) in [5.74, 6) is -1.09. The van der Waals surface area contributed by atoms with Crippen LogP contribution < -0.4 is 4.90 Å². The third-order valence-corrected chi connectivity index (χ3v) is 2.92. The van der Waals surface area contributed by atoms with Crippen LogP contribution in [-0.4, -0.2) is 24.1 Å². The van der Waals surface area contributed by atoms with Gasteiger partial charge in [0.2, 0.25) is 5.82 Å². The summed E-state index contributed by atoms with van der Waals surface area (Å²) in [6.07, 6.45) is -4.55. The molecule has 3 nitrogen and oxygen atoms in total. The lowest BCUT2D eigenvalue weighted by molar-refractivity contribution is -0.144. The minimum absolute atomic E-state index is 0.0947. The van der Waals surface area contributed by atoms with E-state index in [1.54, 1.807) is 12.1 Å². The first kappa shape index (κ1) is 14.5. The minimum Gasteiger partial charge on any atom is -0.378 e. The Hall–Kier alpha value is -1.89. The zero-order chi connectivity index (χ0) is 14.9. The van der Waals surface area contributed by atoms with Crippen LogP contribution >= 0.6 is 12.2 Å². The quantitative estimate of drug-likeness (QED) is 0.854. The van der Waals surface area contributed by atoms with Crippen LogP contribution in [0.25, 0.3) is 11.3 Å². The van der Waals surface area contributed by atoms with Gasteiger partial charge in [-0.25, -0.2) is 4.98 Å². The lowest BCUT2D eigenvalue weighted by Crippen LogP contribution is -2.11. The fourth-order valence-electron chi connectivity index (χ4n) is 1.69. The molecule has 0 saturated carbocycles. The molecule has 106 valence electrons. The minimum atomic E-state index is -4.55. The number of rotatable bonds is 2. The third kappa shape index (κ3) is 3.16. The average molecular weight is 299 g/mol. The topological polar surface area (TPSA) is 31.9 Å². The number of nitrogens with zero attached hydrogens (tertiary/aromatic N) is 2. The Kier molecular flexibility index (Phi) is 3.80. The molecule has 0 aliphatic heterocycles. The molecule has 7 heteroatoms. The van der Waals surface area contributed by atoms with Gasteiger partial charge in [0.05, 0.1) is 0 Å². The fourth-order valence-corrected chi connectivity index (χ4v) is 1.90. The molecule has 1 aromatic heterocycles. The number of alkyl halides is 3. The highest BCUT2D eigenvalue weighted by molar-refractivity contribution is 7.71. The molecule has 20 heavy (non-hydrogen) atoms. The van der Waals surface area contributed by atoms with E-state index in [-0.39, 0.29) is 4.64 Å². The first-order valence-corrected chi connectivity index (χ1v) is 6.14. The summed E-state index contributed by atoms with van der Waals surface area (Å²) < 4.78 is 38.0. The van der Waals surface area contributed by atoms with Crippen molar-refractivity contribution in [1.82, 2.24) is 9.97 Å². The Labute approximate surface area is 119 Å². The van der Waals surface area contributed by atoms with Gasteiger partial charge in [0.15, 0.2) is 0 Å². The second kappa shape index (κ2) is 5.24. The Morgan fingerprint density at radius 1 is 1.15 bits per heavy atom. The van der Waals surface area contributed by atoms with Gasteiger partial charge in [0, 0.05) is 25.5 Å². The molecule has 0 bridgehead atoms. The van der Waals surface area contributed by atoms with E-state index in [0.29, 0.717) is 11.3 Å². The molecule has 0 aliphatic rings. The number of aromatic nitrogens is 2. The molecule has 2 aromatic rings. The highest BCUT2D eigenvalue weighted by atomic mass is 32.1. The summed E-state index contributed by atoms with van der Waals surface area (Å²) in [7, 11) is 3.77. The van der Waals surface area contributed by atoms with E-state index in [1.807, 2.05) is 31.1 Å². The number of hydrogen-bond acceptors (Lipinski definition) is 3. The highest BCUT2D eigenvalue weighted by Gasteiger charge is 2.34. The lowest BCUT2D eigenvalue weighted by atomic mass is 10.1. The van der Waals surface area contributed by atoms with Crippen LogP contribution in [0.1, 0.15) is 5.82 Å². The fraction of sp³-hybridized carbons (Fsp3) is 0.231. The van der Waals surface area contributed by atoms with Gasteiger partial charge in [-0.15, -0.1) is 0 Å². The van der Waals surface area contributed by atoms with Gasteiger partial charge in [-0.05, 0) is 23.8 Å². The van der Waals surface area contributed by atoms with Crippen LogP contribution in [0.2, 0.25) is 0 Å². The van der Waals surface area contributed by atoms with E-state index in [9.17, 15) is 13.2 Å². The van der Waals surface area contributed by atoms with Gasteiger partial charge in [0.1, 0.15) is 4.64 Å². The van der Waals surface area contributed by atoms with E-state index in [0.717, 1.165) is 5.69 Å². The standard InChI is InChI=1S/C13H12F3N3S/c1-19(2)9-5-3-8(4-6-9)10-7-11(20)18-12(17-10)13(14,15)16/h3-7H,1-2H3,(H,17,18,20). The van der Waals surface area contributed by atoms with E-state index in [1.165, 1.54) is 6.07 Å². The van der Waals surface area contributed by atoms with Crippen molar-refractivity contribution in [3.05, 3.63) is 40.8 Å². The molecule has 0 fully saturated rings. The van der Waals surface area contributed by atoms with Crippen molar-refractivity contribution in [1.29, 1.82) is 0 Å². The van der Waals surface area contributed by atoms with Crippen molar-refractivity contribution in [2.45, 2.75) is 6.18 Å². The normalized spacial score (nSPS) is 11.4. The van der Waals surface area contributed by atoms with Crippen molar-refractivity contribution >= 4 is 17.9 Å². The van der Waals surface area contributed by atoms with Crippen molar-refractivity contribution in [3.63, 3.8) is 0 Å². The molecule has 0 spiro atoms. The smallest absolute Gasteiger partial charge is 0.378 e. The van der Waals surface area contributed by atoms with Crippen LogP contribution in [-0.2, 0) is 6.18 Å². The summed E-state index contributed by atoms with van der Waals surface area (Å²) >= 11 is 4.78. The predicted molar refractivity (Wildman–Crippen MR) is 74.2 cm³/mol. The molecular weight excluding hydrogens is 287 g/mol. The molecule has 2 rings (SSSR count). The molecule has 0 amide bonds. The molecule has 0 aliphatic carbocycles. The van der Waals surface area contributed by atoms with Crippen molar-refractivity contribution in [2.24, 2.45) is 0 Å². The van der Waals surface area contributed by atoms with Gasteiger partial charge in [-0.2, -0.15) is 13.2 Å². The summed E-state index contributed by atoms with van der Waals surface area (Å²) in [5, 5.41) is 0. The second-order valence-electron chi connectivity index (χ2n) is 4.42. The number of H-pyrrole nitrogens is 1. The Balaban J connectivity index is 2.47. The maximum Gasteiger partial charge on any atom is 0.449 e. The zero-order valence-corrected chi connectivity index (χ0v) is 11.6. The van der Waals surface area contributed by atoms with Crippen molar-refractivity contribution in [3.8, 4) is 11.3 Å².